The summed E-state index contributed by atoms with van der Waals surface area (Å²) < 4.78 is 0. The van der Waals surface area contributed by atoms with Crippen molar-refractivity contribution in [3.8, 4) is 0 Å². The third-order valence-corrected chi connectivity index (χ3v) is 4.73. The van der Waals surface area contributed by atoms with Gasteiger partial charge in [-0.2, -0.15) is 0 Å². The number of H-pyrrole nitrogens is 1. The Morgan fingerprint density at radius 3 is 3.00 bits per heavy atom. The minimum atomic E-state index is -0.639. The molecule has 1 aliphatic carbocycles. The molecule has 0 aliphatic heterocycles. The van der Waals surface area contributed by atoms with Gasteiger partial charge in [-0.15, -0.1) is 0 Å². The third-order valence-electron chi connectivity index (χ3n) is 4.73. The van der Waals surface area contributed by atoms with Crippen LogP contribution in [0.3, 0.4) is 0 Å². The van der Waals surface area contributed by atoms with Gasteiger partial charge in [0.05, 0.1) is 5.60 Å². The van der Waals surface area contributed by atoms with Crippen LogP contribution in [0.25, 0.3) is 10.9 Å². The fourth-order valence-corrected chi connectivity index (χ4v) is 3.97. The molecule has 2 heteroatoms. The van der Waals surface area contributed by atoms with Crippen LogP contribution in [0.4, 0.5) is 0 Å². The van der Waals surface area contributed by atoms with Crippen molar-refractivity contribution in [2.24, 2.45) is 11.8 Å². The maximum atomic E-state index is 11.2. The summed E-state index contributed by atoms with van der Waals surface area (Å²) in [7, 11) is 0. The molecule has 1 aliphatic rings. The summed E-state index contributed by atoms with van der Waals surface area (Å²) in [6.07, 6.45) is 7.40. The molecule has 1 fully saturated rings. The summed E-state index contributed by atoms with van der Waals surface area (Å²) in [6, 6.07) is 8.33. The van der Waals surface area contributed by atoms with Crippen LogP contribution in [0.5, 0.6) is 0 Å². The Balaban J connectivity index is 1.93. The molecule has 2 atom stereocenters. The van der Waals surface area contributed by atoms with Crippen molar-refractivity contribution in [3.63, 3.8) is 0 Å². The maximum absolute atomic E-state index is 11.2. The summed E-state index contributed by atoms with van der Waals surface area (Å²) >= 11 is 0. The highest BCUT2D eigenvalue weighted by Crippen LogP contribution is 2.43. The second kappa shape index (κ2) is 5.25. The lowest BCUT2D eigenvalue weighted by atomic mass is 9.71. The zero-order chi connectivity index (χ0) is 14.2. The van der Waals surface area contributed by atoms with Gasteiger partial charge in [-0.05, 0) is 55.2 Å². The van der Waals surface area contributed by atoms with Crippen LogP contribution < -0.4 is 0 Å². The van der Waals surface area contributed by atoms with E-state index in [0.717, 1.165) is 30.3 Å². The summed E-state index contributed by atoms with van der Waals surface area (Å²) in [5.41, 5.74) is 1.60. The van der Waals surface area contributed by atoms with Crippen molar-refractivity contribution < 1.29 is 5.11 Å². The molecule has 0 amide bonds. The van der Waals surface area contributed by atoms with Crippen LogP contribution in [-0.2, 0) is 5.60 Å². The third kappa shape index (κ3) is 2.49. The van der Waals surface area contributed by atoms with Crippen LogP contribution in [0.1, 0.15) is 51.5 Å². The molecule has 0 radical (unpaired) electrons. The highest BCUT2D eigenvalue weighted by Gasteiger charge is 2.37. The molecule has 2 N–H and O–H groups in total. The van der Waals surface area contributed by atoms with Gasteiger partial charge in [-0.25, -0.2) is 0 Å². The summed E-state index contributed by atoms with van der Waals surface area (Å²) in [6.45, 7) is 4.56. The SMILES string of the molecule is CC(C)CC1CCCC(O)(c2cccc3[nH]ccc23)C1. The summed E-state index contributed by atoms with van der Waals surface area (Å²) in [5.74, 6) is 1.37. The first-order valence-corrected chi connectivity index (χ1v) is 7.87. The number of fused-ring (bicyclic) bond motifs is 1. The Labute approximate surface area is 121 Å². The Hall–Kier alpha value is -1.28. The first-order chi connectivity index (χ1) is 9.58. The Kier molecular flexibility index (Phi) is 3.59. The van der Waals surface area contributed by atoms with E-state index in [2.05, 4.69) is 43.1 Å². The largest absolute Gasteiger partial charge is 0.385 e. The first kappa shape index (κ1) is 13.7. The highest BCUT2D eigenvalue weighted by atomic mass is 16.3. The predicted octanol–water partition coefficient (Wildman–Crippen LogP) is 4.59. The van der Waals surface area contributed by atoms with Crippen LogP contribution in [0.2, 0.25) is 0 Å². The Morgan fingerprint density at radius 1 is 1.35 bits per heavy atom. The summed E-state index contributed by atoms with van der Waals surface area (Å²) in [4.78, 5) is 3.25. The predicted molar refractivity (Wildman–Crippen MR) is 83.6 cm³/mol. The van der Waals surface area contributed by atoms with E-state index in [4.69, 9.17) is 0 Å². The average Bonchev–Trinajstić information content (AvgIpc) is 2.85. The van der Waals surface area contributed by atoms with Gasteiger partial charge in [-0.3, -0.25) is 0 Å². The van der Waals surface area contributed by atoms with Crippen molar-refractivity contribution in [1.29, 1.82) is 0 Å². The highest BCUT2D eigenvalue weighted by molar-refractivity contribution is 5.83. The molecular weight excluding hydrogens is 246 g/mol. The lowest BCUT2D eigenvalue weighted by Gasteiger charge is -2.38. The van der Waals surface area contributed by atoms with Crippen molar-refractivity contribution in [1.82, 2.24) is 4.98 Å². The number of benzene rings is 1. The number of hydrogen-bond acceptors (Lipinski definition) is 1. The Bertz CT molecular complexity index is 586. The zero-order valence-electron chi connectivity index (χ0n) is 12.5. The number of aliphatic hydroxyl groups is 1. The molecule has 2 unspecified atom stereocenters. The van der Waals surface area contributed by atoms with E-state index < -0.39 is 5.60 Å². The number of rotatable bonds is 3. The van der Waals surface area contributed by atoms with Crippen molar-refractivity contribution in [3.05, 3.63) is 36.0 Å². The van der Waals surface area contributed by atoms with Crippen molar-refractivity contribution >= 4 is 10.9 Å². The lowest BCUT2D eigenvalue weighted by molar-refractivity contribution is -0.0232. The molecule has 20 heavy (non-hydrogen) atoms. The standard InChI is InChI=1S/C18H25NO/c1-13(2)11-14-5-4-9-18(20,12-14)16-6-3-7-17-15(16)8-10-19-17/h3,6-8,10,13-14,19-20H,4-5,9,11-12H2,1-2H3. The molecule has 2 nitrogen and oxygen atoms in total. The van der Waals surface area contributed by atoms with Gasteiger partial charge in [0.15, 0.2) is 0 Å². The molecule has 0 bridgehead atoms. The lowest BCUT2D eigenvalue weighted by Crippen LogP contribution is -2.33. The molecule has 1 aromatic carbocycles. The van der Waals surface area contributed by atoms with Gasteiger partial charge in [0, 0.05) is 17.1 Å². The van der Waals surface area contributed by atoms with E-state index in [1.54, 1.807) is 0 Å². The van der Waals surface area contributed by atoms with Gasteiger partial charge in [0.1, 0.15) is 0 Å². The van der Waals surface area contributed by atoms with Gasteiger partial charge >= 0.3 is 0 Å². The molecule has 2 aromatic rings. The average molecular weight is 271 g/mol. The van der Waals surface area contributed by atoms with Crippen LogP contribution >= 0.6 is 0 Å². The van der Waals surface area contributed by atoms with E-state index in [9.17, 15) is 5.11 Å². The number of aromatic nitrogens is 1. The van der Waals surface area contributed by atoms with Crippen molar-refractivity contribution in [2.75, 3.05) is 0 Å². The van der Waals surface area contributed by atoms with E-state index in [1.165, 1.54) is 18.2 Å². The Morgan fingerprint density at radius 2 is 2.20 bits per heavy atom. The maximum Gasteiger partial charge on any atom is 0.0905 e. The fourth-order valence-electron chi connectivity index (χ4n) is 3.97. The number of hydrogen-bond donors (Lipinski definition) is 2. The monoisotopic (exact) mass is 271 g/mol. The minimum Gasteiger partial charge on any atom is -0.385 e. The first-order valence-electron chi connectivity index (χ1n) is 7.87. The molecular formula is C18H25NO. The zero-order valence-corrected chi connectivity index (χ0v) is 12.5. The second-order valence-electron chi connectivity index (χ2n) is 6.87. The van der Waals surface area contributed by atoms with Gasteiger partial charge < -0.3 is 10.1 Å². The van der Waals surface area contributed by atoms with Crippen LogP contribution in [0, 0.1) is 11.8 Å². The fraction of sp³-hybridized carbons (Fsp3) is 0.556. The topological polar surface area (TPSA) is 36.0 Å². The molecule has 3 rings (SSSR count). The van der Waals surface area contributed by atoms with Gasteiger partial charge in [0.2, 0.25) is 0 Å². The number of nitrogens with one attached hydrogen (secondary N) is 1. The van der Waals surface area contributed by atoms with E-state index >= 15 is 0 Å². The summed E-state index contributed by atoms with van der Waals surface area (Å²) in [5, 5.41) is 12.4. The molecule has 1 aromatic heterocycles. The molecule has 1 heterocycles. The molecule has 0 spiro atoms. The molecule has 108 valence electrons. The molecule has 0 saturated heterocycles. The van der Waals surface area contributed by atoms with Gasteiger partial charge in [-0.1, -0.05) is 32.4 Å². The van der Waals surface area contributed by atoms with E-state index in [0.29, 0.717) is 11.8 Å². The van der Waals surface area contributed by atoms with Gasteiger partial charge in [0.25, 0.3) is 0 Å². The second-order valence-corrected chi connectivity index (χ2v) is 6.87. The normalized spacial score (nSPS) is 27.3. The van der Waals surface area contributed by atoms with Crippen LogP contribution in [0.15, 0.2) is 30.5 Å². The van der Waals surface area contributed by atoms with E-state index in [1.807, 2.05) is 6.20 Å². The molecule has 1 saturated carbocycles. The minimum absolute atomic E-state index is 0.639. The smallest absolute Gasteiger partial charge is 0.0905 e. The van der Waals surface area contributed by atoms with E-state index in [-0.39, 0.29) is 0 Å². The quantitative estimate of drug-likeness (QED) is 0.841. The van der Waals surface area contributed by atoms with Crippen LogP contribution in [-0.4, -0.2) is 10.1 Å². The van der Waals surface area contributed by atoms with Crippen molar-refractivity contribution in [2.45, 2.75) is 51.6 Å². The number of aromatic amines is 1.